The number of carboxylic acid groups (broad SMARTS) is 1. The lowest BCUT2D eigenvalue weighted by molar-refractivity contribution is 0.0699. The summed E-state index contributed by atoms with van der Waals surface area (Å²) in [4.78, 5) is 16.5. The van der Waals surface area contributed by atoms with Crippen LogP contribution in [-0.2, 0) is 0 Å². The number of hydrogen-bond donors (Lipinski definition) is 1. The van der Waals surface area contributed by atoms with E-state index >= 15 is 0 Å². The van der Waals surface area contributed by atoms with Crippen LogP contribution in [0, 0.1) is 6.92 Å². The van der Waals surface area contributed by atoms with Gasteiger partial charge < -0.3 is 9.84 Å². The molecule has 0 spiro atoms. The first kappa shape index (κ1) is 18.2. The summed E-state index contributed by atoms with van der Waals surface area (Å²) in [6, 6.07) is 14.6. The van der Waals surface area contributed by atoms with Crippen LogP contribution in [0.15, 0.2) is 59.2 Å². The number of carbonyl (C=O) groups is 1. The fraction of sp³-hybridized carbons (Fsp3) is 0.0952. The molecule has 4 rings (SSSR count). The van der Waals surface area contributed by atoms with Crippen molar-refractivity contribution >= 4 is 32.8 Å². The monoisotopic (exact) mass is 437 g/mol. The largest absolute Gasteiger partial charge is 0.497 e. The quantitative estimate of drug-likeness (QED) is 0.492. The Balaban J connectivity index is 1.85. The molecule has 2 aromatic carbocycles. The Labute approximate surface area is 169 Å². The van der Waals surface area contributed by atoms with Gasteiger partial charge in [0.15, 0.2) is 0 Å². The zero-order valence-corrected chi connectivity index (χ0v) is 16.8. The molecular weight excluding hydrogens is 422 g/mol. The van der Waals surface area contributed by atoms with Crippen molar-refractivity contribution in [3.05, 3.63) is 70.5 Å². The van der Waals surface area contributed by atoms with Gasteiger partial charge >= 0.3 is 5.97 Å². The number of methoxy groups -OCH3 is 1. The van der Waals surface area contributed by atoms with Gasteiger partial charge in [0.05, 0.1) is 41.5 Å². The number of aromatic carboxylic acids is 1. The minimum atomic E-state index is -0.994. The molecule has 0 radical (unpaired) electrons. The molecule has 1 N–H and O–H groups in total. The molecule has 0 saturated heterocycles. The number of nitrogens with zero attached hydrogens (tertiary/aromatic N) is 3. The summed E-state index contributed by atoms with van der Waals surface area (Å²) in [7, 11) is 1.62. The van der Waals surface area contributed by atoms with Gasteiger partial charge in [-0.3, -0.25) is 0 Å². The van der Waals surface area contributed by atoms with Crippen LogP contribution in [0.2, 0.25) is 0 Å². The minimum absolute atomic E-state index is 0.206. The highest BCUT2D eigenvalue weighted by molar-refractivity contribution is 9.10. The van der Waals surface area contributed by atoms with E-state index in [1.54, 1.807) is 36.2 Å². The minimum Gasteiger partial charge on any atom is -0.497 e. The van der Waals surface area contributed by atoms with E-state index in [1.165, 1.54) is 0 Å². The van der Waals surface area contributed by atoms with Crippen LogP contribution in [0.4, 0.5) is 0 Å². The molecule has 0 fully saturated rings. The predicted octanol–water partition coefficient (Wildman–Crippen LogP) is 4.87. The highest BCUT2D eigenvalue weighted by Gasteiger charge is 2.17. The van der Waals surface area contributed by atoms with Crippen LogP contribution >= 0.6 is 15.9 Å². The van der Waals surface area contributed by atoms with Crippen LogP contribution in [0.5, 0.6) is 5.75 Å². The Hall–Kier alpha value is -3.19. The molecule has 0 aliphatic heterocycles. The Morgan fingerprint density at radius 2 is 1.89 bits per heavy atom. The molecule has 7 heteroatoms. The molecule has 6 nitrogen and oxygen atoms in total. The summed E-state index contributed by atoms with van der Waals surface area (Å²) in [6.07, 6.45) is 1.71. The van der Waals surface area contributed by atoms with E-state index in [1.807, 2.05) is 37.3 Å². The maximum absolute atomic E-state index is 11.8. The third kappa shape index (κ3) is 3.14. The molecular formula is C21H16BrN3O3. The normalized spacial score (nSPS) is 11.0. The van der Waals surface area contributed by atoms with E-state index in [4.69, 9.17) is 4.74 Å². The third-order valence-corrected chi connectivity index (χ3v) is 5.10. The number of fused-ring (bicyclic) bond motifs is 1. The lowest BCUT2D eigenvalue weighted by Crippen LogP contribution is -2.01. The Bertz CT molecular complexity index is 1200. The second-order valence-corrected chi connectivity index (χ2v) is 7.19. The molecule has 2 aromatic heterocycles. The summed E-state index contributed by atoms with van der Waals surface area (Å²) in [5.41, 5.74) is 3.93. The number of halogens is 1. The van der Waals surface area contributed by atoms with Gasteiger partial charge in [0.2, 0.25) is 0 Å². The van der Waals surface area contributed by atoms with Gasteiger partial charge in [0.1, 0.15) is 5.75 Å². The first-order valence-corrected chi connectivity index (χ1v) is 9.30. The van der Waals surface area contributed by atoms with E-state index in [9.17, 15) is 9.90 Å². The van der Waals surface area contributed by atoms with Crippen molar-refractivity contribution in [1.82, 2.24) is 14.8 Å². The van der Waals surface area contributed by atoms with Crippen molar-refractivity contribution in [2.24, 2.45) is 0 Å². The Kier molecular flexibility index (Phi) is 4.60. The van der Waals surface area contributed by atoms with Crippen LogP contribution in [-0.4, -0.2) is 33.0 Å². The van der Waals surface area contributed by atoms with Crippen LogP contribution in [0.1, 0.15) is 16.1 Å². The van der Waals surface area contributed by atoms with Crippen molar-refractivity contribution < 1.29 is 14.6 Å². The second kappa shape index (κ2) is 7.09. The zero-order chi connectivity index (χ0) is 19.8. The third-order valence-electron chi connectivity index (χ3n) is 4.60. The average Bonchev–Trinajstić information content (AvgIpc) is 3.08. The van der Waals surface area contributed by atoms with E-state index in [0.29, 0.717) is 16.6 Å². The molecule has 28 heavy (non-hydrogen) atoms. The lowest BCUT2D eigenvalue weighted by Gasteiger charge is -2.09. The number of rotatable bonds is 4. The summed E-state index contributed by atoms with van der Waals surface area (Å²) in [5.74, 6) is -0.228. The van der Waals surface area contributed by atoms with Crippen molar-refractivity contribution in [3.8, 4) is 22.7 Å². The van der Waals surface area contributed by atoms with Gasteiger partial charge in [-0.1, -0.05) is 15.9 Å². The first-order valence-electron chi connectivity index (χ1n) is 8.51. The number of ether oxygens (including phenoxy) is 1. The number of hydrogen-bond acceptors (Lipinski definition) is 4. The highest BCUT2D eigenvalue weighted by Crippen LogP contribution is 2.30. The predicted molar refractivity (Wildman–Crippen MR) is 110 cm³/mol. The van der Waals surface area contributed by atoms with Crippen LogP contribution < -0.4 is 4.74 Å². The molecule has 0 aliphatic rings. The summed E-state index contributed by atoms with van der Waals surface area (Å²) >= 11 is 3.39. The fourth-order valence-electron chi connectivity index (χ4n) is 3.16. The molecule has 4 aromatic rings. The van der Waals surface area contributed by atoms with E-state index in [0.717, 1.165) is 27.2 Å². The van der Waals surface area contributed by atoms with Crippen LogP contribution in [0.25, 0.3) is 27.8 Å². The topological polar surface area (TPSA) is 77.2 Å². The number of benzene rings is 2. The zero-order valence-electron chi connectivity index (χ0n) is 15.2. The van der Waals surface area contributed by atoms with E-state index in [-0.39, 0.29) is 5.56 Å². The van der Waals surface area contributed by atoms with Gasteiger partial charge in [-0.2, -0.15) is 5.10 Å². The standard InChI is InChI=1S/C21H16BrN3O3/c1-12-18(11-23-25(12)14-4-6-15(28-2)7-5-14)20-10-17(21(26)27)16-9-13(22)3-8-19(16)24-20/h3-11H,1-2H3,(H,26,27). The fourth-order valence-corrected chi connectivity index (χ4v) is 3.52. The van der Waals surface area contributed by atoms with Crippen molar-refractivity contribution in [2.75, 3.05) is 7.11 Å². The highest BCUT2D eigenvalue weighted by atomic mass is 79.9. The summed E-state index contributed by atoms with van der Waals surface area (Å²) in [5, 5.41) is 14.7. The maximum Gasteiger partial charge on any atom is 0.336 e. The molecule has 140 valence electrons. The molecule has 0 saturated carbocycles. The number of pyridine rings is 1. The molecule has 2 heterocycles. The number of aromatic nitrogens is 3. The van der Waals surface area contributed by atoms with Crippen molar-refractivity contribution in [2.45, 2.75) is 6.92 Å². The lowest BCUT2D eigenvalue weighted by atomic mass is 10.0. The summed E-state index contributed by atoms with van der Waals surface area (Å²) in [6.45, 7) is 1.93. The van der Waals surface area contributed by atoms with Gasteiger partial charge in [-0.15, -0.1) is 0 Å². The first-order chi connectivity index (χ1) is 13.5. The van der Waals surface area contributed by atoms with Gasteiger partial charge in [-0.25, -0.2) is 14.5 Å². The van der Waals surface area contributed by atoms with Crippen molar-refractivity contribution in [3.63, 3.8) is 0 Å². The van der Waals surface area contributed by atoms with Crippen molar-refractivity contribution in [1.29, 1.82) is 0 Å². The second-order valence-electron chi connectivity index (χ2n) is 6.28. The molecule has 0 bridgehead atoms. The Morgan fingerprint density at radius 3 is 2.57 bits per heavy atom. The van der Waals surface area contributed by atoms with Gasteiger partial charge in [0, 0.05) is 15.4 Å². The average molecular weight is 438 g/mol. The Morgan fingerprint density at radius 1 is 1.14 bits per heavy atom. The van der Waals surface area contributed by atoms with E-state index in [2.05, 4.69) is 26.0 Å². The number of carboxylic acids is 1. The summed E-state index contributed by atoms with van der Waals surface area (Å²) < 4.78 is 7.80. The maximum atomic E-state index is 11.8. The van der Waals surface area contributed by atoms with Crippen LogP contribution in [0.3, 0.4) is 0 Å². The smallest absolute Gasteiger partial charge is 0.336 e. The van der Waals surface area contributed by atoms with Gasteiger partial charge in [0.25, 0.3) is 0 Å². The molecule has 0 atom stereocenters. The molecule has 0 amide bonds. The van der Waals surface area contributed by atoms with E-state index < -0.39 is 5.97 Å². The molecule has 0 unspecified atom stereocenters. The van der Waals surface area contributed by atoms with Gasteiger partial charge in [-0.05, 0) is 55.5 Å². The molecule has 0 aliphatic carbocycles. The SMILES string of the molecule is COc1ccc(-n2ncc(-c3cc(C(=O)O)c4cc(Br)ccc4n3)c2C)cc1.